The van der Waals surface area contributed by atoms with Crippen LogP contribution in [-0.2, 0) is 13.0 Å². The summed E-state index contributed by atoms with van der Waals surface area (Å²) in [5.74, 6) is 0.0920. The van der Waals surface area contributed by atoms with Crippen LogP contribution in [0, 0.1) is 0 Å². The van der Waals surface area contributed by atoms with Gasteiger partial charge in [0.05, 0.1) is 0 Å². The van der Waals surface area contributed by atoms with Crippen LogP contribution in [0.1, 0.15) is 47.2 Å². The first-order valence-electron chi connectivity index (χ1n) is 7.94. The van der Waals surface area contributed by atoms with Crippen LogP contribution in [0.25, 0.3) is 0 Å². The summed E-state index contributed by atoms with van der Waals surface area (Å²) in [4.78, 5) is 12.5. The van der Waals surface area contributed by atoms with E-state index >= 15 is 0 Å². The van der Waals surface area contributed by atoms with E-state index in [1.165, 1.54) is 30.4 Å². The lowest BCUT2D eigenvalue weighted by Gasteiger charge is -2.31. The molecule has 114 valence electrons. The molecule has 2 N–H and O–H groups in total. The van der Waals surface area contributed by atoms with Gasteiger partial charge in [-0.25, -0.2) is 0 Å². The van der Waals surface area contributed by atoms with E-state index in [1.807, 2.05) is 17.8 Å². The van der Waals surface area contributed by atoms with E-state index in [0.29, 0.717) is 11.3 Å². The fraction of sp³-hybridized carbons (Fsp3) is 0.588. The molecule has 1 saturated carbocycles. The van der Waals surface area contributed by atoms with Crippen LogP contribution >= 0.6 is 11.8 Å². The third-order valence-corrected chi connectivity index (χ3v) is 5.85. The number of fused-ring (bicyclic) bond motifs is 1. The molecular formula is C17H24N2OS. The largest absolute Gasteiger partial charge is 0.348 e. The van der Waals surface area contributed by atoms with Crippen LogP contribution in [0.2, 0.25) is 0 Å². The second-order valence-corrected chi connectivity index (χ2v) is 7.13. The van der Waals surface area contributed by atoms with E-state index in [-0.39, 0.29) is 5.91 Å². The number of benzene rings is 1. The number of carbonyl (C=O) groups is 1. The molecule has 0 saturated heterocycles. The summed E-state index contributed by atoms with van der Waals surface area (Å²) in [5.41, 5.74) is 3.46. The van der Waals surface area contributed by atoms with Gasteiger partial charge in [0.25, 0.3) is 5.91 Å². The van der Waals surface area contributed by atoms with Gasteiger partial charge in [0.2, 0.25) is 0 Å². The minimum atomic E-state index is 0.0920. The Bertz CT molecular complexity index is 518. The maximum Gasteiger partial charge on any atom is 0.251 e. The Hall–Kier alpha value is -1.00. The second-order valence-electron chi connectivity index (χ2n) is 6.05. The van der Waals surface area contributed by atoms with Crippen LogP contribution in [0.15, 0.2) is 18.2 Å². The number of hydrogen-bond donors (Lipinski definition) is 2. The van der Waals surface area contributed by atoms with E-state index in [0.717, 1.165) is 31.5 Å². The summed E-state index contributed by atoms with van der Waals surface area (Å²) < 4.78 is 0. The lowest BCUT2D eigenvalue weighted by Crippen LogP contribution is -2.43. The van der Waals surface area contributed by atoms with Gasteiger partial charge in [-0.05, 0) is 55.3 Å². The van der Waals surface area contributed by atoms with Gasteiger partial charge in [-0.2, -0.15) is 11.8 Å². The van der Waals surface area contributed by atoms with Crippen molar-refractivity contribution in [3.05, 3.63) is 34.9 Å². The third-order valence-electron chi connectivity index (χ3n) is 4.68. The molecule has 3 rings (SSSR count). The Morgan fingerprint density at radius 1 is 1.29 bits per heavy atom. The maximum atomic E-state index is 12.5. The highest BCUT2D eigenvalue weighted by Crippen LogP contribution is 2.27. The van der Waals surface area contributed by atoms with Crippen LogP contribution < -0.4 is 10.6 Å². The van der Waals surface area contributed by atoms with Crippen molar-refractivity contribution in [1.82, 2.24) is 10.6 Å². The summed E-state index contributed by atoms with van der Waals surface area (Å²) in [6.45, 7) is 1.92. The Kier molecular flexibility index (Phi) is 4.86. The molecule has 0 aromatic heterocycles. The molecule has 1 aromatic carbocycles. The van der Waals surface area contributed by atoms with Crippen molar-refractivity contribution in [3.63, 3.8) is 0 Å². The summed E-state index contributed by atoms with van der Waals surface area (Å²) in [7, 11) is 0. The molecule has 2 atom stereocenters. The van der Waals surface area contributed by atoms with E-state index in [1.54, 1.807) is 0 Å². The highest BCUT2D eigenvalue weighted by atomic mass is 32.2. The Labute approximate surface area is 131 Å². The van der Waals surface area contributed by atoms with Crippen molar-refractivity contribution in [3.8, 4) is 0 Å². The molecule has 2 unspecified atom stereocenters. The summed E-state index contributed by atoms with van der Waals surface area (Å²) in [5, 5.41) is 7.20. The zero-order valence-corrected chi connectivity index (χ0v) is 13.5. The van der Waals surface area contributed by atoms with Crippen molar-refractivity contribution in [2.75, 3.05) is 12.8 Å². The van der Waals surface area contributed by atoms with Gasteiger partial charge in [-0.3, -0.25) is 4.79 Å². The standard InChI is InChI=1S/C17H24N2OS/c1-21-16-5-3-2-4-15(16)19-17(20)13-7-6-12-8-9-18-11-14(12)10-13/h6-7,10,15-16,18H,2-5,8-9,11H2,1H3,(H,19,20). The van der Waals surface area contributed by atoms with Crippen molar-refractivity contribution in [1.29, 1.82) is 0 Å². The molecule has 1 aromatic rings. The molecule has 4 heteroatoms. The van der Waals surface area contributed by atoms with Crippen molar-refractivity contribution < 1.29 is 4.79 Å². The number of rotatable bonds is 3. The van der Waals surface area contributed by atoms with Crippen molar-refractivity contribution in [2.24, 2.45) is 0 Å². The Balaban J connectivity index is 1.70. The molecule has 1 fully saturated rings. The van der Waals surface area contributed by atoms with E-state index in [2.05, 4.69) is 29.0 Å². The molecule has 1 aliphatic carbocycles. The van der Waals surface area contributed by atoms with E-state index < -0.39 is 0 Å². The molecule has 0 spiro atoms. The SMILES string of the molecule is CSC1CCCCC1NC(=O)c1ccc2c(c1)CNCC2. The third kappa shape index (κ3) is 3.43. The number of thioether (sulfide) groups is 1. The lowest BCUT2D eigenvalue weighted by atomic mass is 9.94. The highest BCUT2D eigenvalue weighted by molar-refractivity contribution is 7.99. The van der Waals surface area contributed by atoms with Gasteiger partial charge in [0.15, 0.2) is 0 Å². The highest BCUT2D eigenvalue weighted by Gasteiger charge is 2.26. The predicted octanol–water partition coefficient (Wildman–Crippen LogP) is 2.74. The smallest absolute Gasteiger partial charge is 0.251 e. The van der Waals surface area contributed by atoms with Crippen LogP contribution in [0.3, 0.4) is 0 Å². The average molecular weight is 304 g/mol. The van der Waals surface area contributed by atoms with Gasteiger partial charge in [-0.1, -0.05) is 18.9 Å². The quantitative estimate of drug-likeness (QED) is 0.902. The minimum Gasteiger partial charge on any atom is -0.348 e. The minimum absolute atomic E-state index is 0.0920. The Morgan fingerprint density at radius 3 is 3.00 bits per heavy atom. The average Bonchev–Trinajstić information content (AvgIpc) is 2.55. The zero-order valence-electron chi connectivity index (χ0n) is 12.7. The second kappa shape index (κ2) is 6.84. The number of hydrogen-bond acceptors (Lipinski definition) is 3. The van der Waals surface area contributed by atoms with E-state index in [9.17, 15) is 4.79 Å². The molecule has 0 bridgehead atoms. The molecule has 3 nitrogen and oxygen atoms in total. The normalized spacial score (nSPS) is 25.2. The first kappa shape index (κ1) is 14.9. The van der Waals surface area contributed by atoms with E-state index in [4.69, 9.17) is 0 Å². The lowest BCUT2D eigenvalue weighted by molar-refractivity contribution is 0.0929. The van der Waals surface area contributed by atoms with Gasteiger partial charge in [-0.15, -0.1) is 0 Å². The zero-order chi connectivity index (χ0) is 14.7. The number of carbonyl (C=O) groups excluding carboxylic acids is 1. The predicted molar refractivity (Wildman–Crippen MR) is 88.9 cm³/mol. The van der Waals surface area contributed by atoms with Crippen LogP contribution in [0.5, 0.6) is 0 Å². The number of amides is 1. The van der Waals surface area contributed by atoms with Gasteiger partial charge >= 0.3 is 0 Å². The molecule has 0 radical (unpaired) electrons. The fourth-order valence-corrected chi connectivity index (χ4v) is 4.35. The fourth-order valence-electron chi connectivity index (χ4n) is 3.42. The van der Waals surface area contributed by atoms with Crippen molar-refractivity contribution >= 4 is 17.7 Å². The van der Waals surface area contributed by atoms with Crippen molar-refractivity contribution in [2.45, 2.75) is 49.9 Å². The summed E-state index contributed by atoms with van der Waals surface area (Å²) in [6, 6.07) is 6.50. The Morgan fingerprint density at radius 2 is 2.14 bits per heavy atom. The first-order chi connectivity index (χ1) is 10.3. The molecule has 1 heterocycles. The summed E-state index contributed by atoms with van der Waals surface area (Å²) >= 11 is 1.89. The van der Waals surface area contributed by atoms with Crippen LogP contribution in [0.4, 0.5) is 0 Å². The topological polar surface area (TPSA) is 41.1 Å². The van der Waals surface area contributed by atoms with Gasteiger partial charge < -0.3 is 10.6 Å². The van der Waals surface area contributed by atoms with Crippen LogP contribution in [-0.4, -0.2) is 30.0 Å². The molecule has 21 heavy (non-hydrogen) atoms. The maximum absolute atomic E-state index is 12.5. The monoisotopic (exact) mass is 304 g/mol. The molecule has 1 aliphatic heterocycles. The molecular weight excluding hydrogens is 280 g/mol. The first-order valence-corrected chi connectivity index (χ1v) is 9.23. The molecule has 2 aliphatic rings. The number of nitrogens with one attached hydrogen (secondary N) is 2. The van der Waals surface area contributed by atoms with Gasteiger partial charge in [0, 0.05) is 23.4 Å². The van der Waals surface area contributed by atoms with Gasteiger partial charge in [0.1, 0.15) is 0 Å². The summed E-state index contributed by atoms with van der Waals surface area (Å²) in [6.07, 6.45) is 8.08. The molecule has 1 amide bonds.